The third kappa shape index (κ3) is 2.42. The van der Waals surface area contributed by atoms with E-state index in [0.717, 1.165) is 17.5 Å². The van der Waals surface area contributed by atoms with Crippen LogP contribution in [0.15, 0.2) is 48.8 Å². The Bertz CT molecular complexity index is 480. The Morgan fingerprint density at radius 1 is 1.12 bits per heavy atom. The number of nitro groups is 1. The summed E-state index contributed by atoms with van der Waals surface area (Å²) in [7, 11) is 0. The van der Waals surface area contributed by atoms with Gasteiger partial charge in [0.25, 0.3) is 5.69 Å². The number of hydrogen-bond donors (Lipinski definition) is 0. The van der Waals surface area contributed by atoms with Crippen molar-refractivity contribution in [2.45, 2.75) is 6.42 Å². The van der Waals surface area contributed by atoms with Gasteiger partial charge < -0.3 is 0 Å². The van der Waals surface area contributed by atoms with E-state index in [1.165, 1.54) is 12.1 Å². The Kier molecular flexibility index (Phi) is 2.91. The Labute approximate surface area is 92.7 Å². The van der Waals surface area contributed by atoms with Gasteiger partial charge in [-0.05, 0) is 23.6 Å². The van der Waals surface area contributed by atoms with Gasteiger partial charge in [0.2, 0.25) is 0 Å². The molecule has 4 nitrogen and oxygen atoms in total. The van der Waals surface area contributed by atoms with Crippen molar-refractivity contribution in [2.24, 2.45) is 0 Å². The van der Waals surface area contributed by atoms with Gasteiger partial charge in [0, 0.05) is 24.5 Å². The molecule has 16 heavy (non-hydrogen) atoms. The maximum atomic E-state index is 10.5. The first-order valence-corrected chi connectivity index (χ1v) is 4.88. The second-order valence-corrected chi connectivity index (χ2v) is 3.46. The number of benzene rings is 1. The zero-order valence-electron chi connectivity index (χ0n) is 8.54. The fraction of sp³-hybridized carbons (Fsp3) is 0.0833. The van der Waals surface area contributed by atoms with Crippen molar-refractivity contribution in [3.63, 3.8) is 0 Å². The van der Waals surface area contributed by atoms with E-state index in [1.54, 1.807) is 24.5 Å². The lowest BCUT2D eigenvalue weighted by Gasteiger charge is -2.00. The molecule has 1 aromatic carbocycles. The molecule has 0 aliphatic rings. The highest BCUT2D eigenvalue weighted by Gasteiger charge is 2.03. The van der Waals surface area contributed by atoms with Crippen LogP contribution in [-0.2, 0) is 6.42 Å². The van der Waals surface area contributed by atoms with E-state index < -0.39 is 4.92 Å². The van der Waals surface area contributed by atoms with Gasteiger partial charge in [-0.15, -0.1) is 0 Å². The highest BCUT2D eigenvalue weighted by atomic mass is 16.6. The van der Waals surface area contributed by atoms with Crippen LogP contribution >= 0.6 is 0 Å². The molecular formula is C12H10N2O2. The molecule has 1 heterocycles. The topological polar surface area (TPSA) is 56.0 Å². The number of non-ortho nitro benzene ring substituents is 1. The SMILES string of the molecule is O=[N+]([O-])c1ccc(Cc2cccnc2)cc1. The summed E-state index contributed by atoms with van der Waals surface area (Å²) in [5.41, 5.74) is 2.25. The normalized spacial score (nSPS) is 10.0. The van der Waals surface area contributed by atoms with Gasteiger partial charge in [0.05, 0.1) is 4.92 Å². The lowest BCUT2D eigenvalue weighted by atomic mass is 10.1. The Hall–Kier alpha value is -2.23. The molecule has 80 valence electrons. The number of aromatic nitrogens is 1. The minimum absolute atomic E-state index is 0.120. The fourth-order valence-electron chi connectivity index (χ4n) is 1.47. The number of nitro benzene ring substituents is 1. The Balaban J connectivity index is 2.14. The van der Waals surface area contributed by atoms with E-state index in [4.69, 9.17) is 0 Å². The van der Waals surface area contributed by atoms with E-state index >= 15 is 0 Å². The van der Waals surface area contributed by atoms with Gasteiger partial charge in [0.15, 0.2) is 0 Å². The van der Waals surface area contributed by atoms with Crippen LogP contribution < -0.4 is 0 Å². The van der Waals surface area contributed by atoms with Crippen LogP contribution in [0.2, 0.25) is 0 Å². The molecule has 0 radical (unpaired) electrons. The molecule has 0 N–H and O–H groups in total. The summed E-state index contributed by atoms with van der Waals surface area (Å²) in [6.45, 7) is 0. The highest BCUT2D eigenvalue weighted by Crippen LogP contribution is 2.14. The maximum absolute atomic E-state index is 10.5. The highest BCUT2D eigenvalue weighted by molar-refractivity contribution is 5.34. The average molecular weight is 214 g/mol. The Morgan fingerprint density at radius 3 is 2.44 bits per heavy atom. The van der Waals surface area contributed by atoms with Crippen molar-refractivity contribution >= 4 is 5.69 Å². The largest absolute Gasteiger partial charge is 0.269 e. The van der Waals surface area contributed by atoms with Crippen molar-refractivity contribution in [1.29, 1.82) is 0 Å². The Morgan fingerprint density at radius 2 is 1.88 bits per heavy atom. The molecule has 0 aliphatic heterocycles. The molecule has 0 fully saturated rings. The van der Waals surface area contributed by atoms with E-state index in [-0.39, 0.29) is 5.69 Å². The van der Waals surface area contributed by atoms with Crippen molar-refractivity contribution in [3.8, 4) is 0 Å². The molecule has 0 unspecified atom stereocenters. The molecule has 0 saturated carbocycles. The van der Waals surface area contributed by atoms with Gasteiger partial charge in [-0.3, -0.25) is 15.1 Å². The molecule has 2 rings (SSSR count). The van der Waals surface area contributed by atoms with Gasteiger partial charge in [-0.1, -0.05) is 18.2 Å². The summed E-state index contributed by atoms with van der Waals surface area (Å²) in [6.07, 6.45) is 4.26. The summed E-state index contributed by atoms with van der Waals surface area (Å²) in [5.74, 6) is 0. The minimum atomic E-state index is -0.395. The molecule has 0 bridgehead atoms. The van der Waals surface area contributed by atoms with Crippen molar-refractivity contribution in [3.05, 3.63) is 70.0 Å². The predicted octanol–water partition coefficient (Wildman–Crippen LogP) is 2.58. The second-order valence-electron chi connectivity index (χ2n) is 3.46. The van der Waals surface area contributed by atoms with Crippen LogP contribution in [0.25, 0.3) is 0 Å². The van der Waals surface area contributed by atoms with Gasteiger partial charge >= 0.3 is 0 Å². The number of nitrogens with zero attached hydrogens (tertiary/aromatic N) is 2. The van der Waals surface area contributed by atoms with E-state index in [0.29, 0.717) is 0 Å². The molecule has 0 spiro atoms. The predicted molar refractivity (Wildman–Crippen MR) is 60.1 cm³/mol. The number of pyridine rings is 1. The maximum Gasteiger partial charge on any atom is 0.269 e. The monoisotopic (exact) mass is 214 g/mol. The standard InChI is InChI=1S/C12H10N2O2/c15-14(16)12-5-3-10(4-6-12)8-11-2-1-7-13-9-11/h1-7,9H,8H2. The van der Waals surface area contributed by atoms with E-state index in [9.17, 15) is 10.1 Å². The summed E-state index contributed by atoms with van der Waals surface area (Å²) in [6, 6.07) is 10.4. The van der Waals surface area contributed by atoms with Gasteiger partial charge in [0.1, 0.15) is 0 Å². The molecular weight excluding hydrogens is 204 g/mol. The van der Waals surface area contributed by atoms with Crippen LogP contribution in [-0.4, -0.2) is 9.91 Å². The first kappa shape index (κ1) is 10.3. The fourth-order valence-corrected chi connectivity index (χ4v) is 1.47. The molecule has 0 atom stereocenters. The molecule has 1 aromatic heterocycles. The molecule has 0 saturated heterocycles. The quantitative estimate of drug-likeness (QED) is 0.582. The molecule has 4 heteroatoms. The lowest BCUT2D eigenvalue weighted by Crippen LogP contribution is -1.91. The second kappa shape index (κ2) is 4.53. The summed E-state index contributed by atoms with van der Waals surface area (Å²) in [5, 5.41) is 10.5. The van der Waals surface area contributed by atoms with Crippen LogP contribution in [0.3, 0.4) is 0 Å². The first-order valence-electron chi connectivity index (χ1n) is 4.88. The van der Waals surface area contributed by atoms with Crippen LogP contribution in [0.4, 0.5) is 5.69 Å². The lowest BCUT2D eigenvalue weighted by molar-refractivity contribution is -0.384. The van der Waals surface area contributed by atoms with Gasteiger partial charge in [-0.25, -0.2) is 0 Å². The summed E-state index contributed by atoms with van der Waals surface area (Å²) >= 11 is 0. The molecule has 0 amide bonds. The zero-order chi connectivity index (χ0) is 11.4. The molecule has 0 aliphatic carbocycles. The number of rotatable bonds is 3. The minimum Gasteiger partial charge on any atom is -0.264 e. The van der Waals surface area contributed by atoms with Gasteiger partial charge in [-0.2, -0.15) is 0 Å². The number of hydrogen-bond acceptors (Lipinski definition) is 3. The summed E-state index contributed by atoms with van der Waals surface area (Å²) in [4.78, 5) is 14.1. The van der Waals surface area contributed by atoms with E-state index in [1.807, 2.05) is 12.1 Å². The van der Waals surface area contributed by atoms with E-state index in [2.05, 4.69) is 4.98 Å². The first-order chi connectivity index (χ1) is 7.75. The van der Waals surface area contributed by atoms with Crippen molar-refractivity contribution < 1.29 is 4.92 Å². The summed E-state index contributed by atoms with van der Waals surface area (Å²) < 4.78 is 0. The van der Waals surface area contributed by atoms with Crippen LogP contribution in [0, 0.1) is 10.1 Å². The van der Waals surface area contributed by atoms with Crippen molar-refractivity contribution in [1.82, 2.24) is 4.98 Å². The van der Waals surface area contributed by atoms with Crippen LogP contribution in [0.1, 0.15) is 11.1 Å². The molecule has 2 aromatic rings. The smallest absolute Gasteiger partial charge is 0.264 e. The third-order valence-corrected chi connectivity index (χ3v) is 2.28. The third-order valence-electron chi connectivity index (χ3n) is 2.28. The average Bonchev–Trinajstić information content (AvgIpc) is 2.31. The van der Waals surface area contributed by atoms with Crippen LogP contribution in [0.5, 0.6) is 0 Å². The van der Waals surface area contributed by atoms with Crippen molar-refractivity contribution in [2.75, 3.05) is 0 Å². The zero-order valence-corrected chi connectivity index (χ0v) is 8.54.